The highest BCUT2D eigenvalue weighted by molar-refractivity contribution is 5.98. The zero-order chi connectivity index (χ0) is 23.4. The summed E-state index contributed by atoms with van der Waals surface area (Å²) >= 11 is 0. The lowest BCUT2D eigenvalue weighted by atomic mass is 9.78. The van der Waals surface area contributed by atoms with Crippen LogP contribution in [-0.4, -0.2) is 47.3 Å². The fourth-order valence-corrected chi connectivity index (χ4v) is 2.52. The van der Waals surface area contributed by atoms with Crippen LogP contribution >= 0.6 is 0 Å². The molecule has 0 bridgehead atoms. The molecule has 0 aliphatic carbocycles. The van der Waals surface area contributed by atoms with Crippen LogP contribution < -0.4 is 0 Å². The molecule has 0 spiro atoms. The quantitative estimate of drug-likeness (QED) is 0.162. The molecule has 8 nitrogen and oxygen atoms in total. The van der Waals surface area contributed by atoms with Crippen LogP contribution in [-0.2, 0) is 28.7 Å². The SMILES string of the molecule is C=CCOC(=O)CC(=O)OCC=C.CCCCCC(CCCCC)(C(=O)O)C(=O)O. The summed E-state index contributed by atoms with van der Waals surface area (Å²) in [7, 11) is 0. The van der Waals surface area contributed by atoms with E-state index in [4.69, 9.17) is 0 Å². The second kappa shape index (κ2) is 18.4. The minimum Gasteiger partial charge on any atom is -0.480 e. The van der Waals surface area contributed by atoms with E-state index >= 15 is 0 Å². The van der Waals surface area contributed by atoms with E-state index in [1.165, 1.54) is 12.2 Å². The molecule has 30 heavy (non-hydrogen) atoms. The van der Waals surface area contributed by atoms with Gasteiger partial charge in [0.1, 0.15) is 19.6 Å². The van der Waals surface area contributed by atoms with Crippen molar-refractivity contribution in [2.24, 2.45) is 5.41 Å². The molecule has 0 aliphatic heterocycles. The van der Waals surface area contributed by atoms with Crippen molar-refractivity contribution in [3.8, 4) is 0 Å². The molecular weight excluding hydrogens is 392 g/mol. The fourth-order valence-electron chi connectivity index (χ4n) is 2.52. The number of hydrogen-bond acceptors (Lipinski definition) is 6. The Morgan fingerprint density at radius 1 is 0.767 bits per heavy atom. The van der Waals surface area contributed by atoms with Crippen LogP contribution in [0.25, 0.3) is 0 Å². The molecule has 2 N–H and O–H groups in total. The summed E-state index contributed by atoms with van der Waals surface area (Å²) in [6.45, 7) is 10.9. The molecule has 0 aromatic carbocycles. The first-order valence-electron chi connectivity index (χ1n) is 10.2. The van der Waals surface area contributed by atoms with E-state index in [9.17, 15) is 29.4 Å². The predicted octanol–water partition coefficient (Wildman–Crippen LogP) is 4.14. The van der Waals surface area contributed by atoms with Crippen molar-refractivity contribution in [3.63, 3.8) is 0 Å². The topological polar surface area (TPSA) is 127 Å². The number of carbonyl (C=O) groups excluding carboxylic acids is 2. The average Bonchev–Trinajstić information content (AvgIpc) is 2.69. The third kappa shape index (κ3) is 13.5. The maximum absolute atomic E-state index is 11.3. The summed E-state index contributed by atoms with van der Waals surface area (Å²) in [4.78, 5) is 44.1. The van der Waals surface area contributed by atoms with E-state index < -0.39 is 29.3 Å². The van der Waals surface area contributed by atoms with Crippen LogP contribution in [0.5, 0.6) is 0 Å². The monoisotopic (exact) mass is 428 g/mol. The van der Waals surface area contributed by atoms with Gasteiger partial charge in [0.15, 0.2) is 5.41 Å². The van der Waals surface area contributed by atoms with E-state index in [-0.39, 0.29) is 32.5 Å². The third-order valence-electron chi connectivity index (χ3n) is 4.25. The molecule has 0 aromatic rings. The Morgan fingerprint density at radius 3 is 1.40 bits per heavy atom. The highest BCUT2D eigenvalue weighted by Gasteiger charge is 2.45. The van der Waals surface area contributed by atoms with Crippen LogP contribution in [0.4, 0.5) is 0 Å². The number of hydrogen-bond donors (Lipinski definition) is 2. The fraction of sp³-hybridized carbons (Fsp3) is 0.636. The number of carbonyl (C=O) groups is 4. The number of rotatable bonds is 16. The van der Waals surface area contributed by atoms with Gasteiger partial charge in [0, 0.05) is 0 Å². The van der Waals surface area contributed by atoms with Crippen molar-refractivity contribution in [1.82, 2.24) is 0 Å². The van der Waals surface area contributed by atoms with Crippen molar-refractivity contribution in [2.45, 2.75) is 71.6 Å². The summed E-state index contributed by atoms with van der Waals surface area (Å²) in [6, 6.07) is 0. The van der Waals surface area contributed by atoms with Crippen molar-refractivity contribution in [2.75, 3.05) is 13.2 Å². The first kappa shape index (κ1) is 29.6. The van der Waals surface area contributed by atoms with E-state index in [1.54, 1.807) is 0 Å². The second-order valence-electron chi connectivity index (χ2n) is 6.73. The van der Waals surface area contributed by atoms with E-state index in [0.29, 0.717) is 12.8 Å². The predicted molar refractivity (Wildman–Crippen MR) is 113 cm³/mol. The zero-order valence-electron chi connectivity index (χ0n) is 18.2. The Balaban J connectivity index is 0. The third-order valence-corrected chi connectivity index (χ3v) is 4.25. The van der Waals surface area contributed by atoms with Gasteiger partial charge in [-0.1, -0.05) is 77.7 Å². The summed E-state index contributed by atoms with van der Waals surface area (Å²) in [5.41, 5.74) is -1.57. The van der Waals surface area contributed by atoms with E-state index in [0.717, 1.165) is 25.7 Å². The van der Waals surface area contributed by atoms with E-state index in [2.05, 4.69) is 22.6 Å². The summed E-state index contributed by atoms with van der Waals surface area (Å²) < 4.78 is 9.12. The Bertz CT molecular complexity index is 505. The number of carboxylic acids is 2. The van der Waals surface area contributed by atoms with Crippen molar-refractivity contribution in [1.29, 1.82) is 0 Å². The normalized spacial score (nSPS) is 10.2. The van der Waals surface area contributed by atoms with Gasteiger partial charge in [0.2, 0.25) is 0 Å². The molecule has 0 aromatic heterocycles. The van der Waals surface area contributed by atoms with Gasteiger partial charge in [-0.3, -0.25) is 19.2 Å². The molecule has 0 radical (unpaired) electrons. The minimum absolute atomic E-state index is 0.105. The Labute approximate surface area is 178 Å². The van der Waals surface area contributed by atoms with Crippen LogP contribution in [0.2, 0.25) is 0 Å². The number of esters is 2. The molecule has 0 saturated heterocycles. The van der Waals surface area contributed by atoms with E-state index in [1.807, 2.05) is 13.8 Å². The van der Waals surface area contributed by atoms with Crippen molar-refractivity contribution < 1.29 is 38.9 Å². The molecule has 0 heterocycles. The van der Waals surface area contributed by atoms with Crippen LogP contribution in [0.15, 0.2) is 25.3 Å². The molecule has 0 unspecified atom stereocenters. The molecule has 0 fully saturated rings. The van der Waals surface area contributed by atoms with Crippen LogP contribution in [0.3, 0.4) is 0 Å². The Morgan fingerprint density at radius 2 is 1.13 bits per heavy atom. The largest absolute Gasteiger partial charge is 0.480 e. The Kier molecular flexibility index (Phi) is 18.1. The average molecular weight is 429 g/mol. The Hall–Kier alpha value is -2.64. The molecule has 0 aliphatic rings. The van der Waals surface area contributed by atoms with Gasteiger partial charge in [-0.25, -0.2) is 0 Å². The highest BCUT2D eigenvalue weighted by atomic mass is 16.6. The van der Waals surface area contributed by atoms with Crippen molar-refractivity contribution in [3.05, 3.63) is 25.3 Å². The van der Waals surface area contributed by atoms with Gasteiger partial charge in [-0.15, -0.1) is 0 Å². The first-order chi connectivity index (χ1) is 14.2. The molecule has 172 valence electrons. The molecule has 0 atom stereocenters. The molecular formula is C22H36O8. The van der Waals surface area contributed by atoms with Gasteiger partial charge in [-0.05, 0) is 12.8 Å². The van der Waals surface area contributed by atoms with Gasteiger partial charge < -0.3 is 19.7 Å². The second-order valence-corrected chi connectivity index (χ2v) is 6.73. The van der Waals surface area contributed by atoms with Gasteiger partial charge in [0.05, 0.1) is 0 Å². The maximum atomic E-state index is 11.3. The summed E-state index contributed by atoms with van der Waals surface area (Å²) in [6.07, 6.45) is 8.00. The summed E-state index contributed by atoms with van der Waals surface area (Å²) in [5.74, 6) is -3.60. The summed E-state index contributed by atoms with van der Waals surface area (Å²) in [5, 5.41) is 18.4. The number of aliphatic carboxylic acids is 2. The molecule has 8 heteroatoms. The van der Waals surface area contributed by atoms with Gasteiger partial charge in [0.25, 0.3) is 0 Å². The number of ether oxygens (including phenoxy) is 2. The van der Waals surface area contributed by atoms with Gasteiger partial charge in [-0.2, -0.15) is 0 Å². The molecule has 0 rings (SSSR count). The lowest BCUT2D eigenvalue weighted by molar-refractivity contribution is -0.166. The van der Waals surface area contributed by atoms with Crippen LogP contribution in [0.1, 0.15) is 71.6 Å². The van der Waals surface area contributed by atoms with Crippen molar-refractivity contribution >= 4 is 23.9 Å². The molecule has 0 saturated carbocycles. The maximum Gasteiger partial charge on any atom is 0.321 e. The smallest absolute Gasteiger partial charge is 0.321 e. The lowest BCUT2D eigenvalue weighted by Crippen LogP contribution is -2.39. The standard InChI is InChI=1S/C13H24O4.C9H12O4/c1-3-5-7-9-13(11(14)15,12(16)17)10-8-6-4-2;1-3-5-12-8(10)7-9(11)13-6-4-2/h3-10H2,1-2H3,(H,14,15)(H,16,17);3-4H,1-2,5-7H2. The lowest BCUT2D eigenvalue weighted by Gasteiger charge is -2.24. The number of unbranched alkanes of at least 4 members (excludes halogenated alkanes) is 4. The molecule has 0 amide bonds. The van der Waals surface area contributed by atoms with Crippen LogP contribution in [0, 0.1) is 5.41 Å². The highest BCUT2D eigenvalue weighted by Crippen LogP contribution is 2.32. The zero-order valence-corrected chi connectivity index (χ0v) is 18.2. The minimum atomic E-state index is -1.57. The number of carboxylic acid groups (broad SMARTS) is 2. The van der Waals surface area contributed by atoms with Gasteiger partial charge >= 0.3 is 23.9 Å². The first-order valence-corrected chi connectivity index (χ1v) is 10.2.